The van der Waals surface area contributed by atoms with E-state index < -0.39 is 0 Å². The van der Waals surface area contributed by atoms with Crippen LogP contribution in [0.4, 0.5) is 0 Å². The van der Waals surface area contributed by atoms with Crippen LogP contribution in [0.2, 0.25) is 0 Å². The van der Waals surface area contributed by atoms with Gasteiger partial charge in [-0.1, -0.05) is 12.8 Å². The molecule has 2 atom stereocenters. The Morgan fingerprint density at radius 2 is 2.33 bits per heavy atom. The van der Waals surface area contributed by atoms with Crippen LogP contribution in [0.15, 0.2) is 12.4 Å². The first kappa shape index (κ1) is 10.6. The van der Waals surface area contributed by atoms with E-state index >= 15 is 0 Å². The molecule has 15 heavy (non-hydrogen) atoms. The maximum Gasteiger partial charge on any atom is 0.138 e. The predicted octanol–water partition coefficient (Wildman–Crippen LogP) is 1.51. The molecule has 0 aromatic carbocycles. The molecule has 0 spiro atoms. The molecule has 1 aliphatic rings. The van der Waals surface area contributed by atoms with E-state index in [1.807, 2.05) is 12.4 Å². The molecule has 1 saturated carbocycles. The molecular formula is C11H18N2O2. The van der Waals surface area contributed by atoms with Crippen LogP contribution in [0.3, 0.4) is 0 Å². The minimum absolute atomic E-state index is 0.195. The number of aliphatic hydroxyl groups is 1. The smallest absolute Gasteiger partial charge is 0.138 e. The van der Waals surface area contributed by atoms with Crippen LogP contribution in [0.1, 0.15) is 37.2 Å². The molecule has 1 fully saturated rings. The number of nitrogens with zero attached hydrogens (tertiary/aromatic N) is 2. The lowest BCUT2D eigenvalue weighted by atomic mass is 9.83. The van der Waals surface area contributed by atoms with Crippen LogP contribution in [0.5, 0.6) is 0 Å². The molecule has 84 valence electrons. The van der Waals surface area contributed by atoms with Gasteiger partial charge in [0.25, 0.3) is 0 Å². The van der Waals surface area contributed by atoms with Gasteiger partial charge in [-0.25, -0.2) is 4.68 Å². The Morgan fingerprint density at radius 1 is 1.53 bits per heavy atom. The average molecular weight is 210 g/mol. The van der Waals surface area contributed by atoms with Crippen molar-refractivity contribution in [1.82, 2.24) is 9.78 Å². The molecular weight excluding hydrogens is 192 g/mol. The molecule has 0 bridgehead atoms. The summed E-state index contributed by atoms with van der Waals surface area (Å²) in [4.78, 5) is 0. The third-order valence-electron chi connectivity index (χ3n) is 3.07. The number of methoxy groups -OCH3 is 1. The van der Waals surface area contributed by atoms with Crippen LogP contribution >= 0.6 is 0 Å². The quantitative estimate of drug-likeness (QED) is 0.822. The predicted molar refractivity (Wildman–Crippen MR) is 56.5 cm³/mol. The normalized spacial score (nSPS) is 26.8. The molecule has 1 heterocycles. The number of hydrogen-bond acceptors (Lipinski definition) is 3. The lowest BCUT2D eigenvalue weighted by Gasteiger charge is -2.26. The van der Waals surface area contributed by atoms with Gasteiger partial charge >= 0.3 is 0 Å². The van der Waals surface area contributed by atoms with E-state index in [4.69, 9.17) is 4.74 Å². The molecule has 0 amide bonds. The summed E-state index contributed by atoms with van der Waals surface area (Å²) in [7, 11) is 1.65. The summed E-state index contributed by atoms with van der Waals surface area (Å²) in [6.45, 7) is 0.475. The van der Waals surface area contributed by atoms with Gasteiger partial charge in [0.2, 0.25) is 0 Å². The van der Waals surface area contributed by atoms with Crippen molar-refractivity contribution < 1.29 is 9.84 Å². The first-order chi connectivity index (χ1) is 7.31. The second-order valence-corrected chi connectivity index (χ2v) is 4.19. The van der Waals surface area contributed by atoms with Gasteiger partial charge in [0.1, 0.15) is 6.73 Å². The molecule has 2 rings (SSSR count). The Labute approximate surface area is 89.9 Å². The first-order valence-electron chi connectivity index (χ1n) is 5.50. The Hall–Kier alpha value is -0.870. The van der Waals surface area contributed by atoms with E-state index in [1.54, 1.807) is 11.8 Å². The third kappa shape index (κ3) is 2.38. The van der Waals surface area contributed by atoms with E-state index in [0.29, 0.717) is 6.73 Å². The number of rotatable bonds is 3. The Kier molecular flexibility index (Phi) is 3.38. The SMILES string of the molecule is COCn1cc([C@H]2CCCC[C@@H]2O)cn1. The van der Waals surface area contributed by atoms with Crippen molar-refractivity contribution in [2.24, 2.45) is 0 Å². The number of aromatic nitrogens is 2. The number of hydrogen-bond donors (Lipinski definition) is 1. The fourth-order valence-corrected chi connectivity index (χ4v) is 2.27. The van der Waals surface area contributed by atoms with Crippen LogP contribution in [0.25, 0.3) is 0 Å². The first-order valence-corrected chi connectivity index (χ1v) is 5.50. The summed E-state index contributed by atoms with van der Waals surface area (Å²) in [5.74, 6) is 0.268. The van der Waals surface area contributed by atoms with Gasteiger partial charge in [0, 0.05) is 19.2 Å². The zero-order chi connectivity index (χ0) is 10.7. The number of aliphatic hydroxyl groups excluding tert-OH is 1. The van der Waals surface area contributed by atoms with Crippen molar-refractivity contribution in [3.63, 3.8) is 0 Å². The van der Waals surface area contributed by atoms with Gasteiger partial charge in [-0.3, -0.25) is 0 Å². The molecule has 0 aliphatic heterocycles. The highest BCUT2D eigenvalue weighted by Crippen LogP contribution is 2.32. The fourth-order valence-electron chi connectivity index (χ4n) is 2.27. The summed E-state index contributed by atoms with van der Waals surface area (Å²) >= 11 is 0. The second kappa shape index (κ2) is 4.77. The van der Waals surface area contributed by atoms with Crippen molar-refractivity contribution in [3.05, 3.63) is 18.0 Å². The minimum atomic E-state index is -0.195. The molecule has 1 aliphatic carbocycles. The standard InChI is InChI=1S/C11H18N2O2/c1-15-8-13-7-9(6-12-13)10-4-2-3-5-11(10)14/h6-7,10-11,14H,2-5,8H2,1H3/t10-,11+/m1/s1. The third-order valence-corrected chi connectivity index (χ3v) is 3.07. The van der Waals surface area contributed by atoms with Crippen molar-refractivity contribution in [2.45, 2.75) is 44.4 Å². The highest BCUT2D eigenvalue weighted by Gasteiger charge is 2.25. The summed E-state index contributed by atoms with van der Waals surface area (Å²) < 4.78 is 6.75. The van der Waals surface area contributed by atoms with E-state index in [9.17, 15) is 5.11 Å². The van der Waals surface area contributed by atoms with E-state index in [0.717, 1.165) is 24.8 Å². The zero-order valence-corrected chi connectivity index (χ0v) is 9.09. The monoisotopic (exact) mass is 210 g/mol. The minimum Gasteiger partial charge on any atom is -0.392 e. The van der Waals surface area contributed by atoms with E-state index in [2.05, 4.69) is 5.10 Å². The summed E-state index contributed by atoms with van der Waals surface area (Å²) in [5, 5.41) is 14.1. The Morgan fingerprint density at radius 3 is 3.07 bits per heavy atom. The van der Waals surface area contributed by atoms with Crippen molar-refractivity contribution in [1.29, 1.82) is 0 Å². The topological polar surface area (TPSA) is 47.3 Å². The van der Waals surface area contributed by atoms with Gasteiger partial charge in [-0.15, -0.1) is 0 Å². The van der Waals surface area contributed by atoms with Crippen LogP contribution in [-0.2, 0) is 11.5 Å². The van der Waals surface area contributed by atoms with Gasteiger partial charge < -0.3 is 9.84 Å². The van der Waals surface area contributed by atoms with Gasteiger partial charge in [-0.2, -0.15) is 5.10 Å². The maximum absolute atomic E-state index is 9.89. The van der Waals surface area contributed by atoms with Crippen molar-refractivity contribution >= 4 is 0 Å². The molecule has 0 saturated heterocycles. The Balaban J connectivity index is 2.06. The lowest BCUT2D eigenvalue weighted by molar-refractivity contribution is 0.105. The molecule has 4 nitrogen and oxygen atoms in total. The molecule has 0 radical (unpaired) electrons. The largest absolute Gasteiger partial charge is 0.392 e. The van der Waals surface area contributed by atoms with Crippen LogP contribution in [0, 0.1) is 0 Å². The molecule has 1 aromatic heterocycles. The highest BCUT2D eigenvalue weighted by atomic mass is 16.5. The molecule has 1 N–H and O–H groups in total. The Bertz CT molecular complexity index is 311. The summed E-state index contributed by atoms with van der Waals surface area (Å²) in [6, 6.07) is 0. The van der Waals surface area contributed by atoms with Crippen LogP contribution < -0.4 is 0 Å². The second-order valence-electron chi connectivity index (χ2n) is 4.19. The molecule has 4 heteroatoms. The van der Waals surface area contributed by atoms with Crippen molar-refractivity contribution in [3.8, 4) is 0 Å². The summed E-state index contributed by atoms with van der Waals surface area (Å²) in [5.41, 5.74) is 1.14. The van der Waals surface area contributed by atoms with Crippen molar-refractivity contribution in [2.75, 3.05) is 7.11 Å². The average Bonchev–Trinajstić information content (AvgIpc) is 2.68. The molecule has 1 aromatic rings. The van der Waals surface area contributed by atoms with E-state index in [-0.39, 0.29) is 12.0 Å². The molecule has 0 unspecified atom stereocenters. The fraction of sp³-hybridized carbons (Fsp3) is 0.727. The maximum atomic E-state index is 9.89. The van der Waals surface area contributed by atoms with E-state index in [1.165, 1.54) is 6.42 Å². The number of ether oxygens (including phenoxy) is 1. The lowest BCUT2D eigenvalue weighted by Crippen LogP contribution is -2.22. The highest BCUT2D eigenvalue weighted by molar-refractivity contribution is 5.14. The van der Waals surface area contributed by atoms with Gasteiger partial charge in [0.05, 0.1) is 12.3 Å². The summed E-state index contributed by atoms with van der Waals surface area (Å²) in [6.07, 6.45) is 7.96. The van der Waals surface area contributed by atoms with Gasteiger partial charge in [-0.05, 0) is 18.4 Å². The zero-order valence-electron chi connectivity index (χ0n) is 9.09. The van der Waals surface area contributed by atoms with Crippen LogP contribution in [-0.4, -0.2) is 28.1 Å². The van der Waals surface area contributed by atoms with Gasteiger partial charge in [0.15, 0.2) is 0 Å².